The molecule has 1 aromatic heterocycles. The molecule has 6 nitrogen and oxygen atoms in total. The molecule has 0 bridgehead atoms. The molecular formula is C18H22BrN3O3. The molecule has 134 valence electrons. The Hall–Kier alpha value is -1.99. The van der Waals surface area contributed by atoms with Gasteiger partial charge >= 0.3 is 0 Å². The van der Waals surface area contributed by atoms with Gasteiger partial charge in [-0.2, -0.15) is 0 Å². The summed E-state index contributed by atoms with van der Waals surface area (Å²) >= 11 is 3.24. The van der Waals surface area contributed by atoms with E-state index in [0.717, 1.165) is 48.9 Å². The van der Waals surface area contributed by atoms with Gasteiger partial charge in [-0.3, -0.25) is 4.79 Å². The number of carbonyl (C=O) groups is 1. The molecule has 0 spiro atoms. The highest BCUT2D eigenvalue weighted by Gasteiger charge is 2.18. The van der Waals surface area contributed by atoms with Gasteiger partial charge in [-0.1, -0.05) is 0 Å². The van der Waals surface area contributed by atoms with Crippen molar-refractivity contribution in [1.29, 1.82) is 0 Å². The van der Waals surface area contributed by atoms with E-state index in [1.165, 1.54) is 0 Å². The van der Waals surface area contributed by atoms with Crippen molar-refractivity contribution in [3.8, 4) is 5.75 Å². The fraction of sp³-hybridized carbons (Fsp3) is 0.389. The first kappa shape index (κ1) is 17.8. The van der Waals surface area contributed by atoms with Crippen LogP contribution in [-0.4, -0.2) is 51.1 Å². The zero-order valence-corrected chi connectivity index (χ0v) is 16.0. The maximum atomic E-state index is 12.3. The molecule has 2 heterocycles. The van der Waals surface area contributed by atoms with Crippen LogP contribution < -0.4 is 15.0 Å². The Labute approximate surface area is 155 Å². The van der Waals surface area contributed by atoms with Crippen LogP contribution in [0, 0.1) is 0 Å². The minimum absolute atomic E-state index is 0.0807. The number of ether oxygens (including phenoxy) is 1. The van der Waals surface area contributed by atoms with E-state index in [2.05, 4.69) is 38.1 Å². The van der Waals surface area contributed by atoms with Crippen LogP contribution >= 0.6 is 15.9 Å². The van der Waals surface area contributed by atoms with Gasteiger partial charge in [0.05, 0.1) is 25.5 Å². The predicted molar refractivity (Wildman–Crippen MR) is 101 cm³/mol. The Morgan fingerprint density at radius 2 is 2.04 bits per heavy atom. The molecule has 0 saturated carbocycles. The minimum Gasteiger partial charge on any atom is -0.495 e. The van der Waals surface area contributed by atoms with E-state index in [4.69, 9.17) is 9.15 Å². The number of hydrogen-bond donors (Lipinski definition) is 1. The summed E-state index contributed by atoms with van der Waals surface area (Å²) in [5, 5.41) is 2.95. The van der Waals surface area contributed by atoms with Crippen molar-refractivity contribution in [3.63, 3.8) is 0 Å². The minimum atomic E-state index is -0.0807. The Kier molecular flexibility index (Phi) is 5.65. The monoisotopic (exact) mass is 407 g/mol. The lowest BCUT2D eigenvalue weighted by molar-refractivity contribution is -0.115. The van der Waals surface area contributed by atoms with Gasteiger partial charge in [-0.25, -0.2) is 0 Å². The van der Waals surface area contributed by atoms with Gasteiger partial charge in [0.2, 0.25) is 5.91 Å². The van der Waals surface area contributed by atoms with E-state index in [1.54, 1.807) is 19.4 Å². The molecule has 0 aliphatic carbocycles. The van der Waals surface area contributed by atoms with Crippen LogP contribution in [0.3, 0.4) is 0 Å². The third kappa shape index (κ3) is 4.55. The van der Waals surface area contributed by atoms with Gasteiger partial charge in [-0.05, 0) is 47.2 Å². The summed E-state index contributed by atoms with van der Waals surface area (Å²) in [6.07, 6.45) is 1.85. The van der Waals surface area contributed by atoms with Crippen molar-refractivity contribution in [2.24, 2.45) is 0 Å². The molecule has 1 N–H and O–H groups in total. The molecule has 7 heteroatoms. The van der Waals surface area contributed by atoms with Crippen LogP contribution in [0.5, 0.6) is 5.75 Å². The van der Waals surface area contributed by atoms with Crippen molar-refractivity contribution >= 4 is 33.2 Å². The number of likely N-dealkylation sites (N-methyl/N-ethyl adjacent to an activating group) is 1. The number of rotatable bonds is 5. The number of methoxy groups -OCH3 is 1. The van der Waals surface area contributed by atoms with Crippen molar-refractivity contribution in [2.75, 3.05) is 50.6 Å². The topological polar surface area (TPSA) is 58.0 Å². The molecule has 1 saturated heterocycles. The van der Waals surface area contributed by atoms with Crippen LogP contribution in [0.25, 0.3) is 0 Å². The molecule has 0 unspecified atom stereocenters. The van der Waals surface area contributed by atoms with E-state index in [1.807, 2.05) is 18.2 Å². The third-order valence-electron chi connectivity index (χ3n) is 4.29. The molecular weight excluding hydrogens is 386 g/mol. The Balaban J connectivity index is 1.71. The van der Waals surface area contributed by atoms with Crippen LogP contribution in [0.1, 0.15) is 5.56 Å². The molecule has 25 heavy (non-hydrogen) atoms. The maximum Gasteiger partial charge on any atom is 0.228 e. The number of nitrogens with one attached hydrogen (secondary N) is 1. The number of hydrogen-bond acceptors (Lipinski definition) is 5. The van der Waals surface area contributed by atoms with E-state index in [-0.39, 0.29) is 12.3 Å². The zero-order valence-electron chi connectivity index (χ0n) is 14.4. The van der Waals surface area contributed by atoms with E-state index in [9.17, 15) is 4.79 Å². The number of halogens is 1. The fourth-order valence-corrected chi connectivity index (χ4v) is 3.28. The zero-order chi connectivity index (χ0) is 17.8. The van der Waals surface area contributed by atoms with E-state index in [0.29, 0.717) is 4.67 Å². The van der Waals surface area contributed by atoms with Crippen molar-refractivity contribution in [1.82, 2.24) is 4.90 Å². The lowest BCUT2D eigenvalue weighted by Crippen LogP contribution is -2.44. The average Bonchev–Trinajstić information content (AvgIpc) is 3.00. The molecule has 2 aromatic rings. The van der Waals surface area contributed by atoms with Crippen molar-refractivity contribution in [3.05, 3.63) is 40.8 Å². The normalized spacial score (nSPS) is 15.2. The van der Waals surface area contributed by atoms with Gasteiger partial charge in [-0.15, -0.1) is 0 Å². The maximum absolute atomic E-state index is 12.3. The first-order valence-corrected chi connectivity index (χ1v) is 8.99. The van der Waals surface area contributed by atoms with Crippen LogP contribution in [0.2, 0.25) is 0 Å². The Morgan fingerprint density at radius 1 is 1.28 bits per heavy atom. The summed E-state index contributed by atoms with van der Waals surface area (Å²) in [5.41, 5.74) is 2.61. The number of anilines is 2. The molecule has 1 amide bonds. The molecule has 0 radical (unpaired) electrons. The van der Waals surface area contributed by atoms with Crippen LogP contribution in [0.15, 0.2) is 39.6 Å². The molecule has 1 aliphatic rings. The van der Waals surface area contributed by atoms with Gasteiger partial charge in [0.25, 0.3) is 0 Å². The number of piperazine rings is 1. The Bertz CT molecular complexity index is 739. The standard InChI is InChI=1S/C18H22BrN3O3/c1-21-5-7-22(8-6-21)15-11-14(3-4-16(15)24-2)20-18(23)10-13-9-17(19)25-12-13/h3-4,9,11-12H,5-8,10H2,1-2H3,(H,20,23). The predicted octanol–water partition coefficient (Wildman–Crippen LogP) is 2.98. The average molecular weight is 408 g/mol. The highest BCUT2D eigenvalue weighted by atomic mass is 79.9. The number of benzene rings is 1. The van der Waals surface area contributed by atoms with Gasteiger partial charge in [0.1, 0.15) is 5.75 Å². The second-order valence-electron chi connectivity index (χ2n) is 6.16. The summed E-state index contributed by atoms with van der Waals surface area (Å²) in [7, 11) is 3.80. The highest BCUT2D eigenvalue weighted by molar-refractivity contribution is 9.10. The quantitative estimate of drug-likeness (QED) is 0.825. The molecule has 1 aliphatic heterocycles. The number of amides is 1. The van der Waals surface area contributed by atoms with Crippen molar-refractivity contribution in [2.45, 2.75) is 6.42 Å². The summed E-state index contributed by atoms with van der Waals surface area (Å²) in [6.45, 7) is 3.89. The first-order chi connectivity index (χ1) is 12.0. The fourth-order valence-electron chi connectivity index (χ4n) is 2.89. The SMILES string of the molecule is COc1ccc(NC(=O)Cc2coc(Br)c2)cc1N1CCN(C)CC1. The van der Waals surface area contributed by atoms with E-state index >= 15 is 0 Å². The van der Waals surface area contributed by atoms with Crippen LogP contribution in [0.4, 0.5) is 11.4 Å². The third-order valence-corrected chi connectivity index (χ3v) is 4.71. The molecule has 0 atom stereocenters. The van der Waals surface area contributed by atoms with E-state index < -0.39 is 0 Å². The highest BCUT2D eigenvalue weighted by Crippen LogP contribution is 2.32. The summed E-state index contributed by atoms with van der Waals surface area (Å²) in [5.74, 6) is 0.740. The molecule has 3 rings (SSSR count). The second-order valence-corrected chi connectivity index (χ2v) is 6.94. The summed E-state index contributed by atoms with van der Waals surface area (Å²) in [4.78, 5) is 16.9. The summed E-state index contributed by atoms with van der Waals surface area (Å²) < 4.78 is 11.3. The number of nitrogens with zero attached hydrogens (tertiary/aromatic N) is 2. The number of carbonyl (C=O) groups excluding carboxylic acids is 1. The van der Waals surface area contributed by atoms with Gasteiger partial charge in [0.15, 0.2) is 4.67 Å². The number of furan rings is 1. The van der Waals surface area contributed by atoms with Crippen molar-refractivity contribution < 1.29 is 13.9 Å². The summed E-state index contributed by atoms with van der Waals surface area (Å²) in [6, 6.07) is 7.54. The van der Waals surface area contributed by atoms with Crippen LogP contribution in [-0.2, 0) is 11.2 Å². The first-order valence-electron chi connectivity index (χ1n) is 8.19. The smallest absolute Gasteiger partial charge is 0.228 e. The lowest BCUT2D eigenvalue weighted by Gasteiger charge is -2.34. The van der Waals surface area contributed by atoms with Gasteiger partial charge < -0.3 is 24.3 Å². The largest absolute Gasteiger partial charge is 0.495 e. The Morgan fingerprint density at radius 3 is 2.68 bits per heavy atom. The molecule has 1 fully saturated rings. The lowest BCUT2D eigenvalue weighted by atomic mass is 10.2. The molecule has 1 aromatic carbocycles. The van der Waals surface area contributed by atoms with Gasteiger partial charge in [0, 0.05) is 37.4 Å². The second kappa shape index (κ2) is 7.93.